The Hall–Kier alpha value is -3.21. The van der Waals surface area contributed by atoms with E-state index in [9.17, 15) is 14.0 Å². The first-order valence-corrected chi connectivity index (χ1v) is 14.0. The van der Waals surface area contributed by atoms with E-state index in [1.807, 2.05) is 25.7 Å². The molecule has 3 atom stereocenters. The molecule has 1 aromatic heterocycles. The number of anilines is 1. The van der Waals surface area contributed by atoms with Crippen LogP contribution in [0.4, 0.5) is 10.2 Å². The number of nitrogens with zero attached hydrogens (tertiary/aromatic N) is 4. The Morgan fingerprint density at radius 3 is 2.54 bits per heavy atom. The standard InChI is InChI=1S/C29H33FN4O4S/c1-6-24(35)34-18(3)12-32(13-19(34)4)28-23-11-17(2)25(20-7-9-21(30)10-8-20)27-26(23)33(29(36)31-28)14-22(15-39-27)38-16-37-5/h6-11,18-19,22H,1,12-16H2,2-5H3/t18-,19+,22-/m0/s1. The second-order valence-corrected chi connectivity index (χ2v) is 11.2. The number of hydrogen-bond acceptors (Lipinski definition) is 7. The maximum Gasteiger partial charge on any atom is 0.350 e. The number of aromatic nitrogens is 2. The highest BCUT2D eigenvalue weighted by molar-refractivity contribution is 7.99. The van der Waals surface area contributed by atoms with Gasteiger partial charge in [-0.15, -0.1) is 11.8 Å². The lowest BCUT2D eigenvalue weighted by atomic mass is 9.97. The predicted molar refractivity (Wildman–Crippen MR) is 152 cm³/mol. The first-order chi connectivity index (χ1) is 18.7. The number of carbonyl (C=O) groups excluding carboxylic acids is 1. The first-order valence-electron chi connectivity index (χ1n) is 13.0. The van der Waals surface area contributed by atoms with Crippen molar-refractivity contribution in [2.45, 2.75) is 50.4 Å². The van der Waals surface area contributed by atoms with Gasteiger partial charge in [-0.25, -0.2) is 9.18 Å². The van der Waals surface area contributed by atoms with Crippen LogP contribution < -0.4 is 10.6 Å². The molecule has 1 saturated heterocycles. The van der Waals surface area contributed by atoms with Crippen molar-refractivity contribution in [1.29, 1.82) is 0 Å². The highest BCUT2D eigenvalue weighted by atomic mass is 32.2. The number of ether oxygens (including phenoxy) is 2. The molecule has 0 radical (unpaired) electrons. The molecule has 0 unspecified atom stereocenters. The molecule has 206 valence electrons. The Morgan fingerprint density at radius 2 is 1.90 bits per heavy atom. The van der Waals surface area contributed by atoms with Crippen LogP contribution in [-0.2, 0) is 20.8 Å². The minimum atomic E-state index is -0.355. The second-order valence-electron chi connectivity index (χ2n) is 10.2. The second kappa shape index (κ2) is 11.1. The third-order valence-corrected chi connectivity index (χ3v) is 8.62. The van der Waals surface area contributed by atoms with E-state index in [4.69, 9.17) is 9.47 Å². The number of halogens is 1. The van der Waals surface area contributed by atoms with Crippen molar-refractivity contribution < 1.29 is 18.7 Å². The van der Waals surface area contributed by atoms with Gasteiger partial charge >= 0.3 is 5.69 Å². The third-order valence-electron chi connectivity index (χ3n) is 7.40. The molecule has 0 saturated carbocycles. The van der Waals surface area contributed by atoms with Gasteiger partial charge < -0.3 is 19.3 Å². The third kappa shape index (κ3) is 5.08. The zero-order valence-electron chi connectivity index (χ0n) is 22.6. The summed E-state index contributed by atoms with van der Waals surface area (Å²) in [5.41, 5.74) is 3.29. The SMILES string of the molecule is C=CC(=O)N1[C@H](C)CN(c2nc(=O)n3c4c(c(-c5ccc(F)cc5)c(C)cc24)SC[C@@H](OCOC)C3)C[C@@H]1C. The van der Waals surface area contributed by atoms with E-state index in [0.29, 0.717) is 31.2 Å². The summed E-state index contributed by atoms with van der Waals surface area (Å²) in [6.07, 6.45) is 1.09. The largest absolute Gasteiger partial charge is 0.359 e. The van der Waals surface area contributed by atoms with Crippen LogP contribution in [0, 0.1) is 12.7 Å². The van der Waals surface area contributed by atoms with Gasteiger partial charge in [0.05, 0.1) is 18.2 Å². The molecule has 0 spiro atoms. The van der Waals surface area contributed by atoms with Crippen molar-refractivity contribution in [3.63, 3.8) is 0 Å². The fourth-order valence-corrected chi connectivity index (χ4v) is 7.12. The van der Waals surface area contributed by atoms with Crippen molar-refractivity contribution in [2.24, 2.45) is 0 Å². The van der Waals surface area contributed by atoms with Crippen LogP contribution in [-0.4, -0.2) is 71.3 Å². The zero-order valence-corrected chi connectivity index (χ0v) is 23.5. The number of hydrogen-bond donors (Lipinski definition) is 0. The fraction of sp³-hybridized carbons (Fsp3) is 0.414. The molecule has 2 aromatic carbocycles. The number of rotatable bonds is 6. The quantitative estimate of drug-likeness (QED) is 0.335. The van der Waals surface area contributed by atoms with Gasteiger partial charge in [0.25, 0.3) is 0 Å². The highest BCUT2D eigenvalue weighted by Crippen LogP contribution is 2.43. The minimum Gasteiger partial charge on any atom is -0.359 e. The van der Waals surface area contributed by atoms with Gasteiger partial charge in [-0.05, 0) is 56.2 Å². The molecule has 8 nitrogen and oxygen atoms in total. The topological polar surface area (TPSA) is 76.9 Å². The van der Waals surface area contributed by atoms with Gasteiger partial charge in [0.2, 0.25) is 5.91 Å². The van der Waals surface area contributed by atoms with Crippen LogP contribution in [0.1, 0.15) is 19.4 Å². The predicted octanol–water partition coefficient (Wildman–Crippen LogP) is 4.22. The molecule has 3 heterocycles. The summed E-state index contributed by atoms with van der Waals surface area (Å²) in [5.74, 6) is 0.824. The number of amides is 1. The van der Waals surface area contributed by atoms with E-state index in [1.54, 1.807) is 35.6 Å². The number of thioether (sulfide) groups is 1. The van der Waals surface area contributed by atoms with Crippen molar-refractivity contribution in [3.8, 4) is 11.1 Å². The minimum absolute atomic E-state index is 0.0885. The normalized spacial score (nSPS) is 21.2. The Labute approximate surface area is 231 Å². The van der Waals surface area contributed by atoms with Crippen LogP contribution in [0.15, 0.2) is 52.7 Å². The summed E-state index contributed by atoms with van der Waals surface area (Å²) in [5, 5.41) is 0.871. The fourth-order valence-electron chi connectivity index (χ4n) is 5.78. The summed E-state index contributed by atoms with van der Waals surface area (Å²) in [7, 11) is 1.57. The van der Waals surface area contributed by atoms with Crippen molar-refractivity contribution in [1.82, 2.24) is 14.5 Å². The monoisotopic (exact) mass is 552 g/mol. The number of aryl methyl sites for hydroxylation is 1. The molecule has 0 aliphatic carbocycles. The molecule has 39 heavy (non-hydrogen) atoms. The molecular weight excluding hydrogens is 519 g/mol. The highest BCUT2D eigenvalue weighted by Gasteiger charge is 2.34. The summed E-state index contributed by atoms with van der Waals surface area (Å²) < 4.78 is 26.5. The number of piperazine rings is 1. The van der Waals surface area contributed by atoms with Crippen molar-refractivity contribution >= 4 is 34.4 Å². The van der Waals surface area contributed by atoms with Crippen LogP contribution in [0.2, 0.25) is 0 Å². The van der Waals surface area contributed by atoms with Gasteiger partial charge in [0.1, 0.15) is 18.4 Å². The van der Waals surface area contributed by atoms with Crippen molar-refractivity contribution in [2.75, 3.05) is 37.6 Å². The molecule has 5 rings (SSSR count). The van der Waals surface area contributed by atoms with Gasteiger partial charge in [-0.2, -0.15) is 4.98 Å². The smallest absolute Gasteiger partial charge is 0.350 e. The lowest BCUT2D eigenvalue weighted by molar-refractivity contribution is -0.130. The van der Waals surface area contributed by atoms with Gasteiger partial charge in [-0.1, -0.05) is 18.7 Å². The van der Waals surface area contributed by atoms with E-state index < -0.39 is 0 Å². The molecule has 1 amide bonds. The molecular formula is C29H33FN4O4S. The van der Waals surface area contributed by atoms with Gasteiger partial charge in [-0.3, -0.25) is 9.36 Å². The van der Waals surface area contributed by atoms with E-state index in [1.165, 1.54) is 18.2 Å². The Kier molecular flexibility index (Phi) is 7.80. The molecule has 1 fully saturated rings. The summed E-state index contributed by atoms with van der Waals surface area (Å²) in [4.78, 5) is 35.6. The van der Waals surface area contributed by atoms with Gasteiger partial charge in [0, 0.05) is 53.9 Å². The van der Waals surface area contributed by atoms with E-state index in [0.717, 1.165) is 32.5 Å². The number of benzene rings is 2. The Morgan fingerprint density at radius 1 is 1.21 bits per heavy atom. The first kappa shape index (κ1) is 27.4. The van der Waals surface area contributed by atoms with E-state index in [2.05, 4.69) is 22.5 Å². The molecule has 0 bridgehead atoms. The van der Waals surface area contributed by atoms with Crippen molar-refractivity contribution in [3.05, 3.63) is 64.9 Å². The average molecular weight is 553 g/mol. The maximum absolute atomic E-state index is 13.8. The Balaban J connectivity index is 1.70. The summed E-state index contributed by atoms with van der Waals surface area (Å²) in [6.45, 7) is 11.2. The summed E-state index contributed by atoms with van der Waals surface area (Å²) in [6, 6.07) is 8.35. The van der Waals surface area contributed by atoms with E-state index >= 15 is 0 Å². The lowest BCUT2D eigenvalue weighted by Crippen LogP contribution is -2.58. The average Bonchev–Trinajstić information content (AvgIpc) is 3.10. The van der Waals surface area contributed by atoms with Crippen LogP contribution >= 0.6 is 11.8 Å². The molecule has 2 aliphatic heterocycles. The summed E-state index contributed by atoms with van der Waals surface area (Å²) >= 11 is 1.63. The molecule has 10 heteroatoms. The Bertz CT molecular complexity index is 1460. The molecule has 0 N–H and O–H groups in total. The van der Waals surface area contributed by atoms with Crippen LogP contribution in [0.25, 0.3) is 22.0 Å². The maximum atomic E-state index is 13.8. The van der Waals surface area contributed by atoms with E-state index in [-0.39, 0.29) is 42.4 Å². The molecule has 3 aromatic rings. The van der Waals surface area contributed by atoms with Crippen LogP contribution in [0.5, 0.6) is 0 Å². The number of methoxy groups -OCH3 is 1. The number of carbonyl (C=O) groups is 1. The molecule has 2 aliphatic rings. The van der Waals surface area contributed by atoms with Gasteiger partial charge in [0.15, 0.2) is 0 Å². The zero-order chi connectivity index (χ0) is 27.8. The van der Waals surface area contributed by atoms with Crippen LogP contribution in [0.3, 0.4) is 0 Å². The lowest BCUT2D eigenvalue weighted by Gasteiger charge is -2.44.